The molecule has 0 aliphatic heterocycles. The number of para-hydroxylation sites is 1. The van der Waals surface area contributed by atoms with Crippen LogP contribution in [0.3, 0.4) is 0 Å². The number of aryl methyl sites for hydroxylation is 1. The van der Waals surface area contributed by atoms with E-state index in [1.165, 1.54) is 0 Å². The Labute approximate surface area is 131 Å². The predicted molar refractivity (Wildman–Crippen MR) is 87.2 cm³/mol. The van der Waals surface area contributed by atoms with Crippen LogP contribution in [0.1, 0.15) is 18.4 Å². The first kappa shape index (κ1) is 14.1. The maximum Gasteiger partial charge on any atom is 0.208 e. The quantitative estimate of drug-likeness (QED) is 0.676. The molecule has 0 unspecified atom stereocenters. The first-order valence-corrected chi connectivity index (χ1v) is 8.50. The Balaban J connectivity index is 1.57. The molecule has 2 aromatic heterocycles. The zero-order valence-electron chi connectivity index (χ0n) is 11.5. The molecule has 5 nitrogen and oxygen atoms in total. The fraction of sp³-hybridized carbons (Fsp3) is 0.214. The van der Waals surface area contributed by atoms with Gasteiger partial charge in [0.1, 0.15) is 5.82 Å². The monoisotopic (exact) mass is 317 g/mol. The highest BCUT2D eigenvalue weighted by molar-refractivity contribution is 7.98. The maximum absolute atomic E-state index is 4.57. The Bertz CT molecular complexity index is 692. The van der Waals surface area contributed by atoms with E-state index in [4.69, 9.17) is 0 Å². The summed E-state index contributed by atoms with van der Waals surface area (Å²) in [5, 5.41) is 14.1. The number of nitrogens with zero attached hydrogens (tertiary/aromatic N) is 3. The molecule has 0 aliphatic carbocycles. The number of thioether (sulfide) groups is 1. The van der Waals surface area contributed by atoms with Gasteiger partial charge < -0.3 is 5.32 Å². The molecule has 1 aromatic carbocycles. The number of nitrogens with one attached hydrogen (secondary N) is 2. The van der Waals surface area contributed by atoms with Crippen molar-refractivity contribution in [1.82, 2.24) is 20.2 Å². The van der Waals surface area contributed by atoms with Crippen molar-refractivity contribution in [2.24, 2.45) is 0 Å². The highest BCUT2D eigenvalue weighted by atomic mass is 32.2. The van der Waals surface area contributed by atoms with Crippen LogP contribution in [0.15, 0.2) is 40.9 Å². The van der Waals surface area contributed by atoms with E-state index in [1.807, 2.05) is 30.3 Å². The Morgan fingerprint density at radius 3 is 2.86 bits per heavy atom. The van der Waals surface area contributed by atoms with Crippen molar-refractivity contribution in [2.75, 3.05) is 5.32 Å². The minimum absolute atomic E-state index is 0.772. The van der Waals surface area contributed by atoms with Crippen LogP contribution in [-0.4, -0.2) is 20.2 Å². The van der Waals surface area contributed by atoms with Crippen molar-refractivity contribution in [3.8, 4) is 0 Å². The zero-order valence-corrected chi connectivity index (χ0v) is 13.2. The predicted octanol–water partition coefficient (Wildman–Crippen LogP) is 3.86. The van der Waals surface area contributed by atoms with Crippen LogP contribution in [0.5, 0.6) is 0 Å². The maximum atomic E-state index is 4.57. The summed E-state index contributed by atoms with van der Waals surface area (Å²) >= 11 is 3.20. The highest BCUT2D eigenvalue weighted by Crippen LogP contribution is 2.25. The Kier molecular flexibility index (Phi) is 4.52. The molecule has 0 radical (unpaired) electrons. The second-order valence-corrected chi connectivity index (χ2v) is 6.14. The number of hydrogen-bond acceptors (Lipinski definition) is 6. The smallest absolute Gasteiger partial charge is 0.208 e. The Morgan fingerprint density at radius 1 is 1.24 bits per heavy atom. The van der Waals surface area contributed by atoms with Crippen LogP contribution < -0.4 is 5.32 Å². The van der Waals surface area contributed by atoms with Gasteiger partial charge in [-0.05, 0) is 12.1 Å². The minimum atomic E-state index is 0.772. The molecule has 0 saturated carbocycles. The summed E-state index contributed by atoms with van der Waals surface area (Å²) in [6.07, 6.45) is 0.870. The van der Waals surface area contributed by atoms with Gasteiger partial charge in [0.15, 0.2) is 5.13 Å². The molecule has 0 amide bonds. The van der Waals surface area contributed by atoms with Crippen molar-refractivity contribution in [2.45, 2.75) is 24.3 Å². The van der Waals surface area contributed by atoms with E-state index in [9.17, 15) is 0 Å². The van der Waals surface area contributed by atoms with Crippen molar-refractivity contribution < 1.29 is 0 Å². The lowest BCUT2D eigenvalue weighted by Gasteiger charge is -2.00. The van der Waals surface area contributed by atoms with Gasteiger partial charge in [-0.25, -0.2) is 9.97 Å². The summed E-state index contributed by atoms with van der Waals surface area (Å²) < 4.78 is 0. The van der Waals surface area contributed by atoms with E-state index < -0.39 is 0 Å². The summed E-state index contributed by atoms with van der Waals surface area (Å²) in [5.41, 5.74) is 2.08. The van der Waals surface area contributed by atoms with Crippen LogP contribution in [0, 0.1) is 0 Å². The second-order valence-electron chi connectivity index (χ2n) is 4.34. The van der Waals surface area contributed by atoms with Gasteiger partial charge in [0.25, 0.3) is 0 Å². The van der Waals surface area contributed by atoms with Gasteiger partial charge in [-0.1, -0.05) is 36.9 Å². The van der Waals surface area contributed by atoms with Gasteiger partial charge >= 0.3 is 0 Å². The molecule has 0 bridgehead atoms. The number of benzene rings is 1. The second kappa shape index (κ2) is 6.73. The molecule has 3 rings (SSSR count). The molecule has 21 heavy (non-hydrogen) atoms. The van der Waals surface area contributed by atoms with Crippen LogP contribution in [-0.2, 0) is 12.2 Å². The molecule has 108 valence electrons. The third kappa shape index (κ3) is 3.83. The number of aromatic nitrogens is 4. The van der Waals surface area contributed by atoms with Crippen molar-refractivity contribution in [3.63, 3.8) is 0 Å². The third-order valence-corrected chi connectivity index (χ3v) is 4.46. The van der Waals surface area contributed by atoms with E-state index in [1.54, 1.807) is 23.1 Å². The van der Waals surface area contributed by atoms with Gasteiger partial charge in [-0.15, -0.1) is 16.4 Å². The number of hydrogen-bond donors (Lipinski definition) is 2. The number of anilines is 2. The summed E-state index contributed by atoms with van der Waals surface area (Å²) in [6, 6.07) is 10.0. The SMILES string of the molecule is CCc1nc(SCc2csc(Nc3ccccc3)n2)n[nH]1. The van der Waals surface area contributed by atoms with Crippen LogP contribution >= 0.6 is 23.1 Å². The standard InChI is InChI=1S/C14H15N5S2/c1-2-12-17-14(19-18-12)21-9-11-8-20-13(16-11)15-10-6-4-3-5-7-10/h3-8H,2,9H2,1H3,(H,15,16)(H,17,18,19). The van der Waals surface area contributed by atoms with E-state index in [-0.39, 0.29) is 0 Å². The van der Waals surface area contributed by atoms with Gasteiger partial charge in [-0.2, -0.15) is 0 Å². The summed E-state index contributed by atoms with van der Waals surface area (Å²) in [4.78, 5) is 8.94. The molecular weight excluding hydrogens is 302 g/mol. The van der Waals surface area contributed by atoms with E-state index >= 15 is 0 Å². The van der Waals surface area contributed by atoms with Gasteiger partial charge in [0.2, 0.25) is 5.16 Å². The Morgan fingerprint density at radius 2 is 2.10 bits per heavy atom. The number of rotatable bonds is 6. The van der Waals surface area contributed by atoms with E-state index in [2.05, 4.69) is 37.8 Å². The summed E-state index contributed by atoms with van der Waals surface area (Å²) in [5.74, 6) is 1.69. The molecule has 7 heteroatoms. The zero-order chi connectivity index (χ0) is 14.5. The van der Waals surface area contributed by atoms with Crippen LogP contribution in [0.25, 0.3) is 0 Å². The molecular formula is C14H15N5S2. The topological polar surface area (TPSA) is 66.5 Å². The van der Waals surface area contributed by atoms with Crippen molar-refractivity contribution in [3.05, 3.63) is 47.2 Å². The normalized spacial score (nSPS) is 10.7. The van der Waals surface area contributed by atoms with E-state index in [0.29, 0.717) is 0 Å². The minimum Gasteiger partial charge on any atom is -0.332 e. The molecule has 2 heterocycles. The van der Waals surface area contributed by atoms with Gasteiger partial charge in [0, 0.05) is 23.2 Å². The van der Waals surface area contributed by atoms with Crippen molar-refractivity contribution >= 4 is 33.9 Å². The lowest BCUT2D eigenvalue weighted by molar-refractivity contribution is 0.941. The summed E-state index contributed by atoms with van der Waals surface area (Å²) in [7, 11) is 0. The average molecular weight is 317 g/mol. The number of thiazole rings is 1. The fourth-order valence-electron chi connectivity index (χ4n) is 1.71. The lowest BCUT2D eigenvalue weighted by atomic mass is 10.3. The molecule has 2 N–H and O–H groups in total. The van der Waals surface area contributed by atoms with E-state index in [0.717, 1.165) is 39.7 Å². The molecule has 0 fully saturated rings. The summed E-state index contributed by atoms with van der Waals surface area (Å²) in [6.45, 7) is 2.05. The molecule has 3 aromatic rings. The van der Waals surface area contributed by atoms with Gasteiger partial charge in [0.05, 0.1) is 5.69 Å². The first-order valence-electron chi connectivity index (χ1n) is 6.64. The molecule has 0 saturated heterocycles. The molecule has 0 aliphatic rings. The lowest BCUT2D eigenvalue weighted by Crippen LogP contribution is -1.89. The average Bonchev–Trinajstić information content (AvgIpc) is 3.15. The molecule has 0 atom stereocenters. The third-order valence-electron chi connectivity index (χ3n) is 2.77. The highest BCUT2D eigenvalue weighted by Gasteiger charge is 2.06. The van der Waals surface area contributed by atoms with Crippen LogP contribution in [0.2, 0.25) is 0 Å². The van der Waals surface area contributed by atoms with Gasteiger partial charge in [-0.3, -0.25) is 5.10 Å². The number of H-pyrrole nitrogens is 1. The largest absolute Gasteiger partial charge is 0.332 e. The van der Waals surface area contributed by atoms with Crippen molar-refractivity contribution in [1.29, 1.82) is 0 Å². The first-order chi connectivity index (χ1) is 10.3. The molecule has 0 spiro atoms. The number of aromatic amines is 1. The Hall–Kier alpha value is -1.86. The van der Waals surface area contributed by atoms with Crippen LogP contribution in [0.4, 0.5) is 10.8 Å². The fourth-order valence-corrected chi connectivity index (χ4v) is 3.26.